The minimum Gasteiger partial charge on any atom is -0.350 e. The van der Waals surface area contributed by atoms with E-state index in [4.69, 9.17) is 4.52 Å². The number of carbonyl (C=O) groups is 1. The van der Waals surface area contributed by atoms with E-state index < -0.39 is 0 Å². The zero-order chi connectivity index (χ0) is 14.7. The van der Waals surface area contributed by atoms with E-state index in [2.05, 4.69) is 22.7 Å². The van der Waals surface area contributed by atoms with E-state index in [-0.39, 0.29) is 30.1 Å². The summed E-state index contributed by atoms with van der Waals surface area (Å²) < 4.78 is 5.18. The number of benzene rings is 1. The van der Waals surface area contributed by atoms with Crippen LogP contribution >= 0.6 is 12.4 Å². The van der Waals surface area contributed by atoms with Crippen LogP contribution in [0.25, 0.3) is 11.3 Å². The fourth-order valence-corrected chi connectivity index (χ4v) is 2.55. The van der Waals surface area contributed by atoms with E-state index in [9.17, 15) is 4.79 Å². The summed E-state index contributed by atoms with van der Waals surface area (Å²) in [5.41, 5.74) is 1.61. The van der Waals surface area contributed by atoms with Gasteiger partial charge in [0.1, 0.15) is 5.69 Å². The Morgan fingerprint density at radius 1 is 1.36 bits per heavy atom. The van der Waals surface area contributed by atoms with E-state index in [0.29, 0.717) is 11.6 Å². The van der Waals surface area contributed by atoms with Gasteiger partial charge in [0, 0.05) is 24.2 Å². The Balaban J connectivity index is 0.00000176. The Hall–Kier alpha value is -1.85. The van der Waals surface area contributed by atoms with Crippen LogP contribution in [0.4, 0.5) is 0 Å². The second-order valence-corrected chi connectivity index (χ2v) is 5.49. The van der Waals surface area contributed by atoms with Gasteiger partial charge in [0.25, 0.3) is 5.91 Å². The molecule has 3 rings (SSSR count). The molecule has 1 aromatic carbocycles. The number of hydrogen-bond acceptors (Lipinski definition) is 4. The normalized spacial score (nSPS) is 21.0. The Morgan fingerprint density at radius 2 is 2.14 bits per heavy atom. The van der Waals surface area contributed by atoms with Crippen LogP contribution < -0.4 is 10.6 Å². The summed E-state index contributed by atoms with van der Waals surface area (Å²) in [5, 5.41) is 10.3. The van der Waals surface area contributed by atoms with Gasteiger partial charge in [-0.1, -0.05) is 42.4 Å². The highest BCUT2D eigenvalue weighted by Gasteiger charge is 2.24. The van der Waals surface area contributed by atoms with Crippen LogP contribution in [0.5, 0.6) is 0 Å². The molecule has 1 amide bonds. The number of aromatic nitrogens is 1. The lowest BCUT2D eigenvalue weighted by Crippen LogP contribution is -2.50. The van der Waals surface area contributed by atoms with Crippen molar-refractivity contribution < 1.29 is 9.32 Å². The first-order chi connectivity index (χ1) is 10.2. The summed E-state index contributed by atoms with van der Waals surface area (Å²) in [6.45, 7) is 3.96. The van der Waals surface area contributed by atoms with Gasteiger partial charge in [-0.2, -0.15) is 0 Å². The van der Waals surface area contributed by atoms with Crippen molar-refractivity contribution in [3.63, 3.8) is 0 Å². The molecule has 2 atom stereocenters. The van der Waals surface area contributed by atoms with Gasteiger partial charge in [-0.15, -0.1) is 12.4 Å². The van der Waals surface area contributed by atoms with Crippen molar-refractivity contribution in [2.75, 3.05) is 13.1 Å². The Labute approximate surface area is 135 Å². The maximum absolute atomic E-state index is 12.2. The smallest absolute Gasteiger partial charge is 0.290 e. The largest absolute Gasteiger partial charge is 0.350 e. The molecule has 0 saturated carbocycles. The van der Waals surface area contributed by atoms with Crippen molar-refractivity contribution in [1.29, 1.82) is 0 Å². The predicted octanol–water partition coefficient (Wildman–Crippen LogP) is 2.49. The number of piperidine rings is 1. The van der Waals surface area contributed by atoms with Crippen LogP contribution in [0.15, 0.2) is 40.9 Å². The number of nitrogens with one attached hydrogen (secondary N) is 2. The van der Waals surface area contributed by atoms with Crippen molar-refractivity contribution in [3.8, 4) is 11.3 Å². The minimum absolute atomic E-state index is 0. The first-order valence-electron chi connectivity index (χ1n) is 7.28. The highest BCUT2D eigenvalue weighted by molar-refractivity contribution is 5.92. The Morgan fingerprint density at radius 3 is 2.86 bits per heavy atom. The molecule has 1 aromatic heterocycles. The molecule has 1 fully saturated rings. The number of nitrogens with zero attached hydrogens (tertiary/aromatic N) is 1. The molecule has 2 unspecified atom stereocenters. The van der Waals surface area contributed by atoms with Gasteiger partial charge in [0.15, 0.2) is 0 Å². The van der Waals surface area contributed by atoms with Gasteiger partial charge in [-0.25, -0.2) is 0 Å². The molecule has 1 saturated heterocycles. The molecule has 2 heterocycles. The summed E-state index contributed by atoms with van der Waals surface area (Å²) in [5.74, 6) is 0.517. The standard InChI is InChI=1S/C16H19N3O2.ClH/c1-11-7-8-17-10-14(11)18-16(20)15-9-13(19-21-15)12-5-3-2-4-6-12;/h2-6,9,11,14,17H,7-8,10H2,1H3,(H,18,20);1H. The molecule has 2 N–H and O–H groups in total. The fourth-order valence-electron chi connectivity index (χ4n) is 2.55. The van der Waals surface area contributed by atoms with Gasteiger partial charge in [0.05, 0.1) is 0 Å². The Kier molecular flexibility index (Phi) is 5.57. The van der Waals surface area contributed by atoms with Gasteiger partial charge < -0.3 is 15.2 Å². The van der Waals surface area contributed by atoms with E-state index in [1.54, 1.807) is 6.07 Å². The Bertz CT molecular complexity index is 615. The molecule has 118 valence electrons. The van der Waals surface area contributed by atoms with E-state index in [1.165, 1.54) is 0 Å². The molecule has 5 nitrogen and oxygen atoms in total. The third-order valence-electron chi connectivity index (χ3n) is 3.95. The summed E-state index contributed by atoms with van der Waals surface area (Å²) in [6, 6.07) is 11.5. The topological polar surface area (TPSA) is 67.2 Å². The second-order valence-electron chi connectivity index (χ2n) is 5.49. The van der Waals surface area contributed by atoms with Crippen LogP contribution in [0, 0.1) is 5.92 Å². The average molecular weight is 322 g/mol. The molecule has 0 bridgehead atoms. The van der Waals surface area contributed by atoms with Gasteiger partial charge in [-0.05, 0) is 18.9 Å². The lowest BCUT2D eigenvalue weighted by Gasteiger charge is -2.29. The van der Waals surface area contributed by atoms with Crippen LogP contribution in [0.2, 0.25) is 0 Å². The van der Waals surface area contributed by atoms with Gasteiger partial charge in [-0.3, -0.25) is 4.79 Å². The molecule has 1 aliphatic heterocycles. The summed E-state index contributed by atoms with van der Waals surface area (Å²) in [6.07, 6.45) is 1.07. The summed E-state index contributed by atoms with van der Waals surface area (Å²) >= 11 is 0. The summed E-state index contributed by atoms with van der Waals surface area (Å²) in [7, 11) is 0. The molecule has 0 spiro atoms. The number of carbonyl (C=O) groups excluding carboxylic acids is 1. The molecule has 2 aromatic rings. The molecule has 1 aliphatic rings. The summed E-state index contributed by atoms with van der Waals surface area (Å²) in [4.78, 5) is 12.2. The van der Waals surface area contributed by atoms with Gasteiger partial charge in [0.2, 0.25) is 5.76 Å². The predicted molar refractivity (Wildman–Crippen MR) is 87.1 cm³/mol. The molecular weight excluding hydrogens is 302 g/mol. The van der Waals surface area contributed by atoms with Crippen LogP contribution in [-0.4, -0.2) is 30.2 Å². The number of halogens is 1. The zero-order valence-electron chi connectivity index (χ0n) is 12.4. The lowest BCUT2D eigenvalue weighted by atomic mass is 9.95. The first-order valence-corrected chi connectivity index (χ1v) is 7.28. The van der Waals surface area contributed by atoms with Crippen LogP contribution in [0.1, 0.15) is 23.9 Å². The minimum atomic E-state index is -0.203. The number of amides is 1. The molecule has 22 heavy (non-hydrogen) atoms. The molecule has 6 heteroatoms. The van der Waals surface area contributed by atoms with Crippen molar-refractivity contribution in [3.05, 3.63) is 42.2 Å². The van der Waals surface area contributed by atoms with E-state index in [1.807, 2.05) is 30.3 Å². The highest BCUT2D eigenvalue weighted by atomic mass is 35.5. The number of hydrogen-bond donors (Lipinski definition) is 2. The average Bonchev–Trinajstić information content (AvgIpc) is 3.00. The fraction of sp³-hybridized carbons (Fsp3) is 0.375. The van der Waals surface area contributed by atoms with Crippen molar-refractivity contribution in [2.24, 2.45) is 5.92 Å². The molecular formula is C16H20ClN3O2. The lowest BCUT2D eigenvalue weighted by molar-refractivity contribution is 0.0878. The van der Waals surface area contributed by atoms with Crippen LogP contribution in [-0.2, 0) is 0 Å². The maximum atomic E-state index is 12.2. The number of rotatable bonds is 3. The van der Waals surface area contributed by atoms with Gasteiger partial charge >= 0.3 is 0 Å². The maximum Gasteiger partial charge on any atom is 0.290 e. The molecule has 0 aliphatic carbocycles. The van der Waals surface area contributed by atoms with Crippen molar-refractivity contribution in [2.45, 2.75) is 19.4 Å². The highest BCUT2D eigenvalue weighted by Crippen LogP contribution is 2.19. The van der Waals surface area contributed by atoms with E-state index >= 15 is 0 Å². The van der Waals surface area contributed by atoms with E-state index in [0.717, 1.165) is 25.1 Å². The second kappa shape index (κ2) is 7.42. The zero-order valence-corrected chi connectivity index (χ0v) is 13.2. The first kappa shape index (κ1) is 16.5. The van der Waals surface area contributed by atoms with Crippen molar-refractivity contribution >= 4 is 18.3 Å². The van der Waals surface area contributed by atoms with Crippen LogP contribution in [0.3, 0.4) is 0 Å². The third kappa shape index (κ3) is 3.67. The third-order valence-corrected chi connectivity index (χ3v) is 3.95. The monoisotopic (exact) mass is 321 g/mol. The van der Waals surface area contributed by atoms with Crippen molar-refractivity contribution in [1.82, 2.24) is 15.8 Å². The quantitative estimate of drug-likeness (QED) is 0.911. The SMILES string of the molecule is CC1CCNCC1NC(=O)c1cc(-c2ccccc2)no1.Cl. The molecule has 0 radical (unpaired) electrons.